The molecule has 6 nitrogen and oxygen atoms in total. The summed E-state index contributed by atoms with van der Waals surface area (Å²) in [6.45, 7) is 13.5. The van der Waals surface area contributed by atoms with E-state index in [-0.39, 0.29) is 0 Å². The topological polar surface area (TPSA) is 57.5 Å². The molecule has 6 heteroatoms. The van der Waals surface area contributed by atoms with E-state index in [1.54, 1.807) is 0 Å². The summed E-state index contributed by atoms with van der Waals surface area (Å²) in [6, 6.07) is 11.0. The van der Waals surface area contributed by atoms with Gasteiger partial charge in [-0.1, -0.05) is 25.1 Å². The van der Waals surface area contributed by atoms with E-state index in [9.17, 15) is 0 Å². The number of hydrogen-bond donors (Lipinski definition) is 2. The number of aryl methyl sites for hydroxylation is 2. The summed E-state index contributed by atoms with van der Waals surface area (Å²) in [5.41, 5.74) is 4.45. The Morgan fingerprint density at radius 2 is 1.93 bits per heavy atom. The Kier molecular flexibility index (Phi) is 7.69. The molecule has 0 bridgehead atoms. The number of para-hydroxylation sites is 1. The van der Waals surface area contributed by atoms with Crippen LogP contribution in [0.15, 0.2) is 35.3 Å². The zero-order valence-electron chi connectivity index (χ0n) is 18.4. The van der Waals surface area contributed by atoms with Crippen LogP contribution in [0, 0.1) is 13.8 Å². The molecule has 1 aromatic heterocycles. The molecule has 1 aromatic carbocycles. The molecule has 0 unspecified atom stereocenters. The predicted molar refractivity (Wildman–Crippen MR) is 121 cm³/mol. The van der Waals surface area contributed by atoms with Crippen LogP contribution in [0.3, 0.4) is 0 Å². The van der Waals surface area contributed by atoms with Gasteiger partial charge >= 0.3 is 0 Å². The Balaban J connectivity index is 1.69. The largest absolute Gasteiger partial charge is 0.357 e. The first-order valence-corrected chi connectivity index (χ1v) is 11.0. The lowest BCUT2D eigenvalue weighted by Gasteiger charge is -2.32. The number of benzene rings is 1. The highest BCUT2D eigenvalue weighted by molar-refractivity contribution is 5.80. The minimum absolute atomic E-state index is 0.493. The van der Waals surface area contributed by atoms with Gasteiger partial charge in [0.1, 0.15) is 0 Å². The van der Waals surface area contributed by atoms with Crippen molar-refractivity contribution < 1.29 is 0 Å². The van der Waals surface area contributed by atoms with Crippen LogP contribution in [0.25, 0.3) is 5.69 Å². The normalized spacial score (nSPS) is 16.2. The van der Waals surface area contributed by atoms with E-state index in [1.807, 2.05) is 11.6 Å². The molecule has 1 aliphatic heterocycles. The maximum Gasteiger partial charge on any atom is 0.191 e. The molecular weight excluding hydrogens is 360 g/mol. The number of aliphatic imine (C=N–C) groups is 1. The van der Waals surface area contributed by atoms with Gasteiger partial charge in [0.05, 0.1) is 17.9 Å². The van der Waals surface area contributed by atoms with Crippen molar-refractivity contribution in [3.63, 3.8) is 0 Å². The van der Waals surface area contributed by atoms with E-state index in [1.165, 1.54) is 44.5 Å². The van der Waals surface area contributed by atoms with Crippen molar-refractivity contribution in [1.29, 1.82) is 0 Å². The van der Waals surface area contributed by atoms with Gasteiger partial charge in [-0.25, -0.2) is 9.67 Å². The third-order valence-electron chi connectivity index (χ3n) is 5.45. The summed E-state index contributed by atoms with van der Waals surface area (Å²) in [7, 11) is 0. The molecular formula is C23H36N6. The van der Waals surface area contributed by atoms with Gasteiger partial charge < -0.3 is 15.5 Å². The lowest BCUT2D eigenvalue weighted by atomic mass is 10.1. The van der Waals surface area contributed by atoms with Crippen molar-refractivity contribution >= 4 is 5.96 Å². The second kappa shape index (κ2) is 10.4. The summed E-state index contributed by atoms with van der Waals surface area (Å²) in [5, 5.41) is 11.7. The smallest absolute Gasteiger partial charge is 0.191 e. The predicted octanol–water partition coefficient (Wildman–Crippen LogP) is 3.42. The van der Waals surface area contributed by atoms with Crippen molar-refractivity contribution in [3.05, 3.63) is 47.3 Å². The monoisotopic (exact) mass is 396 g/mol. The third kappa shape index (κ3) is 5.82. The second-order valence-corrected chi connectivity index (χ2v) is 7.92. The zero-order chi connectivity index (χ0) is 20.6. The van der Waals surface area contributed by atoms with Gasteiger partial charge in [0.2, 0.25) is 0 Å². The van der Waals surface area contributed by atoms with Crippen LogP contribution < -0.4 is 10.6 Å². The zero-order valence-corrected chi connectivity index (χ0v) is 18.4. The van der Waals surface area contributed by atoms with Gasteiger partial charge in [0.25, 0.3) is 0 Å². The van der Waals surface area contributed by atoms with Crippen molar-refractivity contribution in [3.8, 4) is 5.69 Å². The van der Waals surface area contributed by atoms with Crippen molar-refractivity contribution in [2.45, 2.75) is 59.5 Å². The summed E-state index contributed by atoms with van der Waals surface area (Å²) >= 11 is 0. The first-order valence-electron chi connectivity index (χ1n) is 11.0. The molecule has 0 radical (unpaired) electrons. The summed E-state index contributed by atoms with van der Waals surface area (Å²) in [4.78, 5) is 7.46. The molecule has 0 aliphatic carbocycles. The molecule has 0 atom stereocenters. The van der Waals surface area contributed by atoms with Gasteiger partial charge in [-0.05, 0) is 64.3 Å². The fraction of sp³-hybridized carbons (Fsp3) is 0.565. The molecule has 0 amide bonds. The van der Waals surface area contributed by atoms with E-state index in [0.717, 1.165) is 29.6 Å². The minimum Gasteiger partial charge on any atom is -0.357 e. The molecule has 2 heterocycles. The highest BCUT2D eigenvalue weighted by atomic mass is 15.3. The van der Waals surface area contributed by atoms with Crippen LogP contribution in [0.4, 0.5) is 0 Å². The number of nitrogens with one attached hydrogen (secondary N) is 2. The van der Waals surface area contributed by atoms with Crippen molar-refractivity contribution in [2.24, 2.45) is 4.99 Å². The van der Waals surface area contributed by atoms with E-state index in [4.69, 9.17) is 4.99 Å². The van der Waals surface area contributed by atoms with Gasteiger partial charge in [-0.3, -0.25) is 0 Å². The second-order valence-electron chi connectivity index (χ2n) is 7.92. The molecule has 2 N–H and O–H groups in total. The van der Waals surface area contributed by atoms with Gasteiger partial charge in [-0.15, -0.1) is 0 Å². The molecule has 1 saturated heterocycles. The fourth-order valence-electron chi connectivity index (χ4n) is 4.02. The van der Waals surface area contributed by atoms with Crippen LogP contribution in [0.5, 0.6) is 0 Å². The Hall–Kier alpha value is -2.34. The van der Waals surface area contributed by atoms with Crippen LogP contribution in [0.2, 0.25) is 0 Å². The molecule has 0 saturated carbocycles. The number of likely N-dealkylation sites (tertiary alicyclic amines) is 1. The molecule has 1 aliphatic rings. The van der Waals surface area contributed by atoms with Gasteiger partial charge in [-0.2, -0.15) is 5.10 Å². The van der Waals surface area contributed by atoms with E-state index in [0.29, 0.717) is 12.6 Å². The first kappa shape index (κ1) is 21.4. The molecule has 158 valence electrons. The lowest BCUT2D eigenvalue weighted by Crippen LogP contribution is -2.48. The number of hydrogen-bond acceptors (Lipinski definition) is 3. The molecule has 2 aromatic rings. The van der Waals surface area contributed by atoms with Crippen molar-refractivity contribution in [1.82, 2.24) is 25.3 Å². The molecule has 1 fully saturated rings. The highest BCUT2D eigenvalue weighted by Crippen LogP contribution is 2.18. The maximum absolute atomic E-state index is 4.90. The average Bonchev–Trinajstić information content (AvgIpc) is 3.06. The Bertz CT molecular complexity index is 801. The van der Waals surface area contributed by atoms with Gasteiger partial charge in [0, 0.05) is 31.4 Å². The van der Waals surface area contributed by atoms with Crippen LogP contribution in [-0.2, 0) is 6.54 Å². The summed E-state index contributed by atoms with van der Waals surface area (Å²) in [5.74, 6) is 0.907. The minimum atomic E-state index is 0.493. The van der Waals surface area contributed by atoms with Crippen LogP contribution in [-0.4, -0.2) is 52.9 Å². The molecule has 0 spiro atoms. The lowest BCUT2D eigenvalue weighted by molar-refractivity contribution is 0.206. The van der Waals surface area contributed by atoms with Crippen molar-refractivity contribution in [2.75, 3.05) is 26.2 Å². The number of guanidine groups is 1. The third-order valence-corrected chi connectivity index (χ3v) is 5.45. The number of rotatable bonds is 7. The number of piperidine rings is 1. The number of aromatic nitrogens is 2. The van der Waals surface area contributed by atoms with E-state index < -0.39 is 0 Å². The quantitative estimate of drug-likeness (QED) is 0.556. The fourth-order valence-corrected chi connectivity index (χ4v) is 4.02. The Labute approximate surface area is 175 Å². The van der Waals surface area contributed by atoms with E-state index >= 15 is 0 Å². The summed E-state index contributed by atoms with van der Waals surface area (Å²) < 4.78 is 2.02. The van der Waals surface area contributed by atoms with E-state index in [2.05, 4.69) is 71.7 Å². The average molecular weight is 397 g/mol. The van der Waals surface area contributed by atoms with Gasteiger partial charge in [0.15, 0.2) is 5.96 Å². The first-order chi connectivity index (χ1) is 14.1. The summed E-state index contributed by atoms with van der Waals surface area (Å²) in [6.07, 6.45) is 3.58. The number of nitrogens with zero attached hydrogens (tertiary/aromatic N) is 4. The SMILES string of the molecule is CCCN1CCC(NC(=NCc2ccccc2-n2nc(C)cc2C)NCC)CC1. The maximum atomic E-state index is 4.90. The Morgan fingerprint density at radius 1 is 1.17 bits per heavy atom. The standard InChI is InChI=1S/C23H36N6/c1-5-13-28-14-11-21(12-15-28)26-23(24-6-2)25-17-20-9-7-8-10-22(20)29-19(4)16-18(3)27-29/h7-10,16,21H,5-6,11-15,17H2,1-4H3,(H2,24,25,26). The highest BCUT2D eigenvalue weighted by Gasteiger charge is 2.19. The molecule has 29 heavy (non-hydrogen) atoms. The molecule has 3 rings (SSSR count). The van der Waals surface area contributed by atoms with Crippen LogP contribution in [0.1, 0.15) is 50.1 Å². The Morgan fingerprint density at radius 3 is 2.59 bits per heavy atom. The van der Waals surface area contributed by atoms with Crippen LogP contribution >= 0.6 is 0 Å².